The number of primary amides is 1. The second-order valence-electron chi connectivity index (χ2n) is 4.93. The smallest absolute Gasteiger partial charge is 0.261 e. The third-order valence-electron chi connectivity index (χ3n) is 2.97. The summed E-state index contributed by atoms with van der Waals surface area (Å²) in [6.07, 6.45) is 0. The molecule has 0 saturated carbocycles. The molecule has 0 aromatic carbocycles. The predicted molar refractivity (Wildman–Crippen MR) is 78.2 cm³/mol. The Balaban J connectivity index is 2.01. The molecule has 0 bridgehead atoms. The van der Waals surface area contributed by atoms with Gasteiger partial charge in [0.15, 0.2) is 0 Å². The predicted octanol–water partition coefficient (Wildman–Crippen LogP) is 1.39. The molecule has 0 aliphatic rings. The number of furan rings is 1. The van der Waals surface area contributed by atoms with Crippen LogP contribution in [-0.2, 0) is 5.60 Å². The Morgan fingerprint density at radius 2 is 2.19 bits per heavy atom. The van der Waals surface area contributed by atoms with Crippen LogP contribution in [0.3, 0.4) is 0 Å². The second-order valence-corrected chi connectivity index (χ2v) is 5.84. The van der Waals surface area contributed by atoms with E-state index in [4.69, 9.17) is 10.2 Å². The van der Waals surface area contributed by atoms with Crippen molar-refractivity contribution in [1.82, 2.24) is 5.32 Å². The molecular weight excluding hydrogens is 292 g/mol. The molecule has 2 aromatic heterocycles. The first-order chi connectivity index (χ1) is 9.79. The van der Waals surface area contributed by atoms with E-state index in [2.05, 4.69) is 5.32 Å². The number of nitrogens with one attached hydrogen (secondary N) is 1. The molecule has 0 radical (unpaired) electrons. The molecule has 0 fully saturated rings. The lowest BCUT2D eigenvalue weighted by atomic mass is 10.0. The van der Waals surface area contributed by atoms with E-state index in [-0.39, 0.29) is 12.5 Å². The second kappa shape index (κ2) is 5.71. The number of hydrogen-bond donors (Lipinski definition) is 3. The van der Waals surface area contributed by atoms with Crippen LogP contribution >= 0.6 is 11.3 Å². The van der Waals surface area contributed by atoms with Crippen LogP contribution in [0.1, 0.15) is 38.5 Å². The van der Waals surface area contributed by atoms with Gasteiger partial charge in [-0.25, -0.2) is 0 Å². The number of aryl methyl sites for hydroxylation is 1. The fourth-order valence-corrected chi connectivity index (χ4v) is 2.55. The molecular formula is C14H16N2O4S. The molecule has 21 heavy (non-hydrogen) atoms. The molecule has 7 heteroatoms. The quantitative estimate of drug-likeness (QED) is 0.776. The van der Waals surface area contributed by atoms with Gasteiger partial charge in [0.2, 0.25) is 5.91 Å². The van der Waals surface area contributed by atoms with E-state index in [0.717, 1.165) is 11.3 Å². The minimum absolute atomic E-state index is 0.0113. The van der Waals surface area contributed by atoms with Gasteiger partial charge in [-0.2, -0.15) is 0 Å². The maximum absolute atomic E-state index is 12.0. The molecule has 0 saturated heterocycles. The van der Waals surface area contributed by atoms with E-state index >= 15 is 0 Å². The van der Waals surface area contributed by atoms with Gasteiger partial charge >= 0.3 is 0 Å². The van der Waals surface area contributed by atoms with E-state index in [1.165, 1.54) is 11.4 Å². The average molecular weight is 308 g/mol. The summed E-state index contributed by atoms with van der Waals surface area (Å²) in [6, 6.07) is 4.83. The van der Waals surface area contributed by atoms with Crippen molar-refractivity contribution in [3.05, 3.63) is 45.5 Å². The summed E-state index contributed by atoms with van der Waals surface area (Å²) < 4.78 is 5.36. The average Bonchev–Trinajstić information content (AvgIpc) is 3.04. The van der Waals surface area contributed by atoms with Crippen LogP contribution in [0.15, 0.2) is 28.0 Å². The fourth-order valence-electron chi connectivity index (χ4n) is 1.74. The lowest BCUT2D eigenvalue weighted by molar-refractivity contribution is 0.0324. The summed E-state index contributed by atoms with van der Waals surface area (Å²) in [4.78, 5) is 23.3. The normalized spacial score (nSPS) is 13.7. The SMILES string of the molecule is Cc1ccc(C(C)(O)CNC(=O)c2cc(C(N)=O)cs2)o1. The summed E-state index contributed by atoms with van der Waals surface area (Å²) in [5.74, 6) is 0.102. The van der Waals surface area contributed by atoms with Gasteiger partial charge in [-0.15, -0.1) is 11.3 Å². The number of carbonyl (C=O) groups is 2. The molecule has 4 N–H and O–H groups in total. The van der Waals surface area contributed by atoms with Crippen LogP contribution in [0.5, 0.6) is 0 Å². The highest BCUT2D eigenvalue weighted by Gasteiger charge is 2.27. The van der Waals surface area contributed by atoms with Crippen LogP contribution < -0.4 is 11.1 Å². The van der Waals surface area contributed by atoms with Crippen LogP contribution in [-0.4, -0.2) is 23.5 Å². The van der Waals surface area contributed by atoms with Crippen molar-refractivity contribution < 1.29 is 19.1 Å². The maximum atomic E-state index is 12.0. The molecule has 2 heterocycles. The summed E-state index contributed by atoms with van der Waals surface area (Å²) in [5.41, 5.74) is 4.11. The third kappa shape index (κ3) is 3.50. The van der Waals surface area contributed by atoms with Crippen molar-refractivity contribution in [3.63, 3.8) is 0 Å². The van der Waals surface area contributed by atoms with Crippen molar-refractivity contribution in [3.8, 4) is 0 Å². The highest BCUT2D eigenvalue weighted by molar-refractivity contribution is 7.12. The summed E-state index contributed by atoms with van der Waals surface area (Å²) >= 11 is 1.12. The molecule has 1 atom stereocenters. The number of aliphatic hydroxyl groups is 1. The Bertz CT molecular complexity index is 672. The molecule has 2 amide bonds. The first-order valence-corrected chi connectivity index (χ1v) is 7.13. The Morgan fingerprint density at radius 3 is 2.71 bits per heavy atom. The van der Waals surface area contributed by atoms with Crippen molar-refractivity contribution in [2.24, 2.45) is 5.73 Å². The number of amides is 2. The number of hydrogen-bond acceptors (Lipinski definition) is 5. The van der Waals surface area contributed by atoms with Crippen molar-refractivity contribution in [2.75, 3.05) is 6.54 Å². The van der Waals surface area contributed by atoms with Crippen molar-refractivity contribution in [1.29, 1.82) is 0 Å². The van der Waals surface area contributed by atoms with E-state index < -0.39 is 11.5 Å². The summed E-state index contributed by atoms with van der Waals surface area (Å²) in [7, 11) is 0. The zero-order valence-corrected chi connectivity index (χ0v) is 12.5. The monoisotopic (exact) mass is 308 g/mol. The topological polar surface area (TPSA) is 106 Å². The van der Waals surface area contributed by atoms with E-state index in [1.54, 1.807) is 26.0 Å². The van der Waals surface area contributed by atoms with Gasteiger partial charge in [-0.05, 0) is 32.0 Å². The van der Waals surface area contributed by atoms with Crippen molar-refractivity contribution >= 4 is 23.2 Å². The highest BCUT2D eigenvalue weighted by atomic mass is 32.1. The van der Waals surface area contributed by atoms with Gasteiger partial charge in [0.25, 0.3) is 5.91 Å². The van der Waals surface area contributed by atoms with Crippen LogP contribution in [0.4, 0.5) is 0 Å². The number of thiophene rings is 1. The first kappa shape index (κ1) is 15.3. The molecule has 0 spiro atoms. The van der Waals surface area contributed by atoms with Gasteiger partial charge in [0, 0.05) is 5.38 Å². The maximum Gasteiger partial charge on any atom is 0.261 e. The van der Waals surface area contributed by atoms with Gasteiger partial charge in [0.05, 0.1) is 17.0 Å². The van der Waals surface area contributed by atoms with Gasteiger partial charge in [-0.1, -0.05) is 0 Å². The number of rotatable bonds is 5. The van der Waals surface area contributed by atoms with Gasteiger partial charge in [-0.3, -0.25) is 9.59 Å². The third-order valence-corrected chi connectivity index (χ3v) is 3.90. The minimum atomic E-state index is -1.31. The molecule has 112 valence electrons. The van der Waals surface area contributed by atoms with Crippen LogP contribution in [0.25, 0.3) is 0 Å². The van der Waals surface area contributed by atoms with Gasteiger partial charge < -0.3 is 20.6 Å². The Hall–Kier alpha value is -2.12. The summed E-state index contributed by atoms with van der Waals surface area (Å²) in [5, 5.41) is 14.4. The van der Waals surface area contributed by atoms with E-state index in [9.17, 15) is 14.7 Å². The molecule has 2 rings (SSSR count). The van der Waals surface area contributed by atoms with E-state index in [1.807, 2.05) is 0 Å². The van der Waals surface area contributed by atoms with Crippen LogP contribution in [0, 0.1) is 6.92 Å². The Labute approximate surface area is 125 Å². The number of carbonyl (C=O) groups excluding carboxylic acids is 2. The molecule has 6 nitrogen and oxygen atoms in total. The highest BCUT2D eigenvalue weighted by Crippen LogP contribution is 2.22. The summed E-state index contributed by atoms with van der Waals surface area (Å²) in [6.45, 7) is 3.31. The Kier molecular flexibility index (Phi) is 4.15. The van der Waals surface area contributed by atoms with Gasteiger partial charge in [0.1, 0.15) is 17.1 Å². The lowest BCUT2D eigenvalue weighted by Gasteiger charge is -2.21. The molecule has 1 unspecified atom stereocenters. The first-order valence-electron chi connectivity index (χ1n) is 6.25. The lowest BCUT2D eigenvalue weighted by Crippen LogP contribution is -2.38. The standard InChI is InChI=1S/C14H16N2O4S/c1-8-3-4-11(20-8)14(2,19)7-16-13(18)10-5-9(6-21-10)12(15)17/h3-6,19H,7H2,1-2H3,(H2,15,17)(H,16,18). The Morgan fingerprint density at radius 1 is 1.48 bits per heavy atom. The zero-order valence-electron chi connectivity index (χ0n) is 11.7. The fraction of sp³-hybridized carbons (Fsp3) is 0.286. The largest absolute Gasteiger partial charge is 0.463 e. The van der Waals surface area contributed by atoms with E-state index in [0.29, 0.717) is 22.0 Å². The number of nitrogens with two attached hydrogens (primary N) is 1. The molecule has 0 aliphatic carbocycles. The van der Waals surface area contributed by atoms with Crippen LogP contribution in [0.2, 0.25) is 0 Å². The minimum Gasteiger partial charge on any atom is -0.463 e. The zero-order chi connectivity index (χ0) is 15.6. The molecule has 2 aromatic rings. The molecule has 0 aliphatic heterocycles. The van der Waals surface area contributed by atoms with Crippen molar-refractivity contribution in [2.45, 2.75) is 19.4 Å².